The molecule has 3 amide bonds. The molecule has 9 nitrogen and oxygen atoms in total. The van der Waals surface area contributed by atoms with Gasteiger partial charge >= 0.3 is 12.1 Å². The second kappa shape index (κ2) is 14.7. The highest BCUT2D eigenvalue weighted by Crippen LogP contribution is 2.23. The van der Waals surface area contributed by atoms with Gasteiger partial charge in [-0.2, -0.15) is 0 Å². The molecular formula is C30H38FN5O4S. The van der Waals surface area contributed by atoms with Crippen LogP contribution in [0.5, 0.6) is 0 Å². The summed E-state index contributed by atoms with van der Waals surface area (Å²) in [4.78, 5) is 46.1. The van der Waals surface area contributed by atoms with Gasteiger partial charge in [-0.25, -0.2) is 14.0 Å². The molecular weight excluding hydrogens is 545 g/mol. The van der Waals surface area contributed by atoms with Crippen molar-refractivity contribution in [2.75, 3.05) is 39.0 Å². The Morgan fingerprint density at radius 3 is 2.44 bits per heavy atom. The summed E-state index contributed by atoms with van der Waals surface area (Å²) in [5.74, 6) is -0.487. The number of likely N-dealkylation sites (N-methyl/N-ethyl adjacent to an activating group) is 1. The number of aromatic nitrogens is 1. The van der Waals surface area contributed by atoms with E-state index in [1.807, 2.05) is 24.4 Å². The SMILES string of the molecule is CN(C)CCN(Cc1ccc(C(=O)Cc2cscc2NC(=O)OC(C)(C)C)nc1)C(=O)NCCc1ccccc1F. The van der Waals surface area contributed by atoms with Crippen molar-refractivity contribution in [1.82, 2.24) is 20.1 Å². The molecule has 2 heterocycles. The Morgan fingerprint density at radius 2 is 1.78 bits per heavy atom. The number of benzene rings is 1. The molecule has 2 aromatic heterocycles. The zero-order valence-corrected chi connectivity index (χ0v) is 25.0. The monoisotopic (exact) mass is 583 g/mol. The molecule has 11 heteroatoms. The smallest absolute Gasteiger partial charge is 0.412 e. The minimum Gasteiger partial charge on any atom is -0.444 e. The summed E-state index contributed by atoms with van der Waals surface area (Å²) in [6.45, 7) is 7.08. The van der Waals surface area contributed by atoms with Crippen LogP contribution in [0.4, 0.5) is 19.7 Å². The number of amides is 3. The van der Waals surface area contributed by atoms with Gasteiger partial charge in [0.1, 0.15) is 17.1 Å². The number of hydrogen-bond acceptors (Lipinski definition) is 7. The number of pyridine rings is 1. The van der Waals surface area contributed by atoms with Crippen LogP contribution in [0, 0.1) is 5.82 Å². The summed E-state index contributed by atoms with van der Waals surface area (Å²) < 4.78 is 19.2. The van der Waals surface area contributed by atoms with Crippen molar-refractivity contribution in [2.24, 2.45) is 0 Å². The Kier molecular flexibility index (Phi) is 11.4. The van der Waals surface area contributed by atoms with E-state index >= 15 is 0 Å². The molecule has 0 aliphatic rings. The van der Waals surface area contributed by atoms with Crippen LogP contribution in [0.3, 0.4) is 0 Å². The van der Waals surface area contributed by atoms with Crippen LogP contribution < -0.4 is 10.6 Å². The zero-order chi connectivity index (χ0) is 30.0. The molecule has 3 rings (SSSR count). The lowest BCUT2D eigenvalue weighted by Gasteiger charge is -2.25. The zero-order valence-electron chi connectivity index (χ0n) is 24.2. The van der Waals surface area contributed by atoms with Crippen LogP contribution in [0.1, 0.15) is 48.0 Å². The van der Waals surface area contributed by atoms with Crippen molar-refractivity contribution in [3.8, 4) is 0 Å². The maximum absolute atomic E-state index is 13.9. The van der Waals surface area contributed by atoms with Crippen LogP contribution in [0.25, 0.3) is 0 Å². The second-order valence-corrected chi connectivity index (χ2v) is 11.6. The number of rotatable bonds is 12. The van der Waals surface area contributed by atoms with Gasteiger partial charge in [0.05, 0.1) is 5.69 Å². The van der Waals surface area contributed by atoms with Gasteiger partial charge in [0.2, 0.25) is 0 Å². The largest absolute Gasteiger partial charge is 0.444 e. The fourth-order valence-corrected chi connectivity index (χ4v) is 4.63. The van der Waals surface area contributed by atoms with Gasteiger partial charge in [-0.05, 0) is 75.5 Å². The number of urea groups is 1. The quantitative estimate of drug-likeness (QED) is 0.278. The van der Waals surface area contributed by atoms with E-state index in [-0.39, 0.29) is 29.7 Å². The van der Waals surface area contributed by atoms with Crippen LogP contribution in [0.15, 0.2) is 53.4 Å². The first kappa shape index (κ1) is 31.7. The Hall–Kier alpha value is -3.83. The lowest BCUT2D eigenvalue weighted by atomic mass is 10.1. The number of ketones is 1. The van der Waals surface area contributed by atoms with Crippen LogP contribution in [-0.4, -0.2) is 72.0 Å². The molecule has 3 aromatic rings. The maximum Gasteiger partial charge on any atom is 0.412 e. The first-order valence-electron chi connectivity index (χ1n) is 13.4. The average molecular weight is 584 g/mol. The highest BCUT2D eigenvalue weighted by Gasteiger charge is 2.20. The molecule has 0 bridgehead atoms. The van der Waals surface area contributed by atoms with Crippen LogP contribution in [0.2, 0.25) is 0 Å². The number of thiophene rings is 1. The van der Waals surface area contributed by atoms with Crippen molar-refractivity contribution < 1.29 is 23.5 Å². The lowest BCUT2D eigenvalue weighted by molar-refractivity contribution is 0.0635. The van der Waals surface area contributed by atoms with E-state index in [0.717, 1.165) is 5.56 Å². The molecule has 0 radical (unpaired) electrons. The van der Waals surface area contributed by atoms with E-state index in [1.165, 1.54) is 17.4 Å². The summed E-state index contributed by atoms with van der Waals surface area (Å²) in [5.41, 5.74) is 2.19. The third kappa shape index (κ3) is 10.6. The van der Waals surface area contributed by atoms with E-state index in [1.54, 1.807) is 67.6 Å². The number of anilines is 1. The minimum absolute atomic E-state index is 0.0698. The summed E-state index contributed by atoms with van der Waals surface area (Å²) in [5, 5.41) is 9.15. The first-order valence-corrected chi connectivity index (χ1v) is 14.3. The third-order valence-electron chi connectivity index (χ3n) is 5.95. The summed E-state index contributed by atoms with van der Waals surface area (Å²) in [6, 6.07) is 9.68. The molecule has 0 fully saturated rings. The third-order valence-corrected chi connectivity index (χ3v) is 6.74. The molecule has 0 aliphatic heterocycles. The molecule has 0 aliphatic carbocycles. The van der Waals surface area contributed by atoms with Gasteiger partial charge < -0.3 is 19.9 Å². The highest BCUT2D eigenvalue weighted by atomic mass is 32.1. The molecule has 0 saturated heterocycles. The molecule has 0 atom stereocenters. The number of carbonyl (C=O) groups excluding carboxylic acids is 3. The number of carbonyl (C=O) groups is 3. The Labute approximate surface area is 244 Å². The Balaban J connectivity index is 1.59. The van der Waals surface area contributed by atoms with E-state index in [0.29, 0.717) is 49.4 Å². The van der Waals surface area contributed by atoms with Crippen LogP contribution in [-0.2, 0) is 24.1 Å². The Bertz CT molecular complexity index is 1320. The van der Waals surface area contributed by atoms with Gasteiger partial charge in [0, 0.05) is 44.2 Å². The number of halogens is 1. The number of ether oxygens (including phenoxy) is 1. The predicted molar refractivity (Wildman–Crippen MR) is 159 cm³/mol. The van der Waals surface area contributed by atoms with Crippen molar-refractivity contribution in [1.29, 1.82) is 0 Å². The molecule has 41 heavy (non-hydrogen) atoms. The molecule has 0 saturated carbocycles. The first-order chi connectivity index (χ1) is 19.4. The van der Waals surface area contributed by atoms with Gasteiger partial charge in [-0.15, -0.1) is 11.3 Å². The molecule has 220 valence electrons. The summed E-state index contributed by atoms with van der Waals surface area (Å²) in [7, 11) is 3.86. The number of hydrogen-bond donors (Lipinski definition) is 2. The standard InChI is InChI=1S/C30H38FN5O4S/c1-30(2,3)40-29(39)34-26-20-41-19-23(26)16-27(37)25-11-10-21(17-33-25)18-36(15-14-35(4)5)28(38)32-13-12-22-8-6-7-9-24(22)31/h6-11,17,19-20H,12-16,18H2,1-5H3,(H,32,38)(H,34,39). The highest BCUT2D eigenvalue weighted by molar-refractivity contribution is 7.08. The predicted octanol–water partition coefficient (Wildman–Crippen LogP) is 5.37. The van der Waals surface area contributed by atoms with Gasteiger partial charge in [0.25, 0.3) is 0 Å². The number of nitrogens with one attached hydrogen (secondary N) is 2. The normalized spacial score (nSPS) is 11.3. The van der Waals surface area contributed by atoms with Gasteiger partial charge in [-0.1, -0.05) is 24.3 Å². The van der Waals surface area contributed by atoms with Crippen LogP contribution >= 0.6 is 11.3 Å². The van der Waals surface area contributed by atoms with E-state index in [4.69, 9.17) is 4.74 Å². The van der Waals surface area contributed by atoms with Gasteiger partial charge in [-0.3, -0.25) is 15.1 Å². The second-order valence-electron chi connectivity index (χ2n) is 10.9. The topological polar surface area (TPSA) is 104 Å². The van der Waals surface area contributed by atoms with Crippen molar-refractivity contribution in [2.45, 2.75) is 45.8 Å². The van der Waals surface area contributed by atoms with Crippen molar-refractivity contribution >= 4 is 34.9 Å². The summed E-state index contributed by atoms with van der Waals surface area (Å²) in [6.07, 6.45) is 1.47. The van der Waals surface area contributed by atoms with E-state index < -0.39 is 11.7 Å². The Morgan fingerprint density at radius 1 is 1.02 bits per heavy atom. The summed E-state index contributed by atoms with van der Waals surface area (Å²) >= 11 is 1.38. The number of Topliss-reactive ketones (excluding diaryl/α,β-unsaturated/α-hetero) is 1. The lowest BCUT2D eigenvalue weighted by Crippen LogP contribution is -2.43. The molecule has 0 unspecified atom stereocenters. The van der Waals surface area contributed by atoms with Crippen molar-refractivity contribution in [3.05, 3.63) is 81.6 Å². The average Bonchev–Trinajstić information content (AvgIpc) is 3.32. The number of nitrogens with zero attached hydrogens (tertiary/aromatic N) is 3. The fourth-order valence-electron chi connectivity index (χ4n) is 3.84. The van der Waals surface area contributed by atoms with Gasteiger partial charge in [0.15, 0.2) is 5.78 Å². The van der Waals surface area contributed by atoms with E-state index in [2.05, 4.69) is 15.6 Å². The molecule has 1 aromatic carbocycles. The minimum atomic E-state index is -0.633. The van der Waals surface area contributed by atoms with Crippen molar-refractivity contribution in [3.63, 3.8) is 0 Å². The fraction of sp³-hybridized carbons (Fsp3) is 0.400. The molecule has 0 spiro atoms. The molecule has 2 N–H and O–H groups in total. The maximum atomic E-state index is 13.9. The van der Waals surface area contributed by atoms with E-state index in [9.17, 15) is 18.8 Å².